The van der Waals surface area contributed by atoms with Gasteiger partial charge < -0.3 is 5.32 Å². The van der Waals surface area contributed by atoms with Gasteiger partial charge in [-0.15, -0.1) is 11.3 Å². The van der Waals surface area contributed by atoms with Gasteiger partial charge in [0.05, 0.1) is 5.25 Å². The Labute approximate surface area is 162 Å². The quantitative estimate of drug-likeness (QED) is 0.441. The molecule has 0 aliphatic rings. The zero-order chi connectivity index (χ0) is 18.5. The van der Waals surface area contributed by atoms with Gasteiger partial charge >= 0.3 is 0 Å². The van der Waals surface area contributed by atoms with E-state index in [1.54, 1.807) is 17.7 Å². The van der Waals surface area contributed by atoms with Gasteiger partial charge in [-0.1, -0.05) is 44.7 Å². The van der Waals surface area contributed by atoms with Crippen LogP contribution in [-0.2, 0) is 17.6 Å². The zero-order valence-corrected chi connectivity index (χ0v) is 16.9. The standard InChI is InChI=1S/C20H23N3OS2/c1-4-13-7-9-14(10-8-13)23-18(24)17(6-3)26-20-16-11-15(5-2)25-19(16)21-12-22-20/h7-12,17H,4-6H2,1-3H3,(H,23,24). The largest absolute Gasteiger partial charge is 0.325 e. The highest BCUT2D eigenvalue weighted by Crippen LogP contribution is 2.34. The fraction of sp³-hybridized carbons (Fsp3) is 0.350. The summed E-state index contributed by atoms with van der Waals surface area (Å²) in [5, 5.41) is 4.77. The Hall–Kier alpha value is -1.92. The molecule has 136 valence electrons. The third-order valence-corrected chi connectivity index (χ3v) is 6.81. The average molecular weight is 386 g/mol. The fourth-order valence-electron chi connectivity index (χ4n) is 2.66. The van der Waals surface area contributed by atoms with Crippen LogP contribution in [0.5, 0.6) is 0 Å². The molecule has 0 saturated carbocycles. The number of thiophene rings is 1. The van der Waals surface area contributed by atoms with E-state index in [0.717, 1.165) is 40.2 Å². The number of anilines is 1. The molecule has 0 fully saturated rings. The van der Waals surface area contributed by atoms with Crippen LogP contribution in [0.3, 0.4) is 0 Å². The minimum absolute atomic E-state index is 0.0134. The summed E-state index contributed by atoms with van der Waals surface area (Å²) in [4.78, 5) is 23.8. The van der Waals surface area contributed by atoms with Gasteiger partial charge in [-0.2, -0.15) is 0 Å². The normalized spacial score (nSPS) is 12.3. The number of hydrogen-bond acceptors (Lipinski definition) is 5. The number of nitrogens with zero attached hydrogens (tertiary/aromatic N) is 2. The Morgan fingerprint density at radius 3 is 2.58 bits per heavy atom. The van der Waals surface area contributed by atoms with Crippen molar-refractivity contribution in [3.63, 3.8) is 0 Å². The molecular weight excluding hydrogens is 362 g/mol. The smallest absolute Gasteiger partial charge is 0.237 e. The highest BCUT2D eigenvalue weighted by Gasteiger charge is 2.21. The Balaban J connectivity index is 1.76. The van der Waals surface area contributed by atoms with Crippen molar-refractivity contribution in [2.75, 3.05) is 5.32 Å². The predicted octanol–water partition coefficient (Wildman–Crippen LogP) is 5.33. The van der Waals surface area contributed by atoms with Gasteiger partial charge in [-0.3, -0.25) is 4.79 Å². The summed E-state index contributed by atoms with van der Waals surface area (Å²) in [6.07, 6.45) is 4.30. The lowest BCUT2D eigenvalue weighted by Crippen LogP contribution is -2.24. The summed E-state index contributed by atoms with van der Waals surface area (Å²) in [6, 6.07) is 10.2. The second-order valence-electron chi connectivity index (χ2n) is 6.02. The van der Waals surface area contributed by atoms with Crippen molar-refractivity contribution in [3.8, 4) is 0 Å². The highest BCUT2D eigenvalue weighted by atomic mass is 32.2. The van der Waals surface area contributed by atoms with Crippen LogP contribution in [0.25, 0.3) is 10.2 Å². The van der Waals surface area contributed by atoms with Gasteiger partial charge in [-0.25, -0.2) is 9.97 Å². The molecule has 2 aromatic heterocycles. The van der Waals surface area contributed by atoms with Gasteiger partial charge in [0.1, 0.15) is 16.2 Å². The van der Waals surface area contributed by atoms with Crippen LogP contribution in [0.4, 0.5) is 5.69 Å². The summed E-state index contributed by atoms with van der Waals surface area (Å²) in [6.45, 7) is 6.28. The number of carbonyl (C=O) groups is 1. The van der Waals surface area contributed by atoms with E-state index in [0.29, 0.717) is 0 Å². The number of thioether (sulfide) groups is 1. The van der Waals surface area contributed by atoms with Gasteiger partial charge in [0.25, 0.3) is 0 Å². The molecule has 0 spiro atoms. The molecule has 1 N–H and O–H groups in total. The van der Waals surface area contributed by atoms with E-state index in [-0.39, 0.29) is 11.2 Å². The molecule has 1 aromatic carbocycles. The molecule has 2 heterocycles. The average Bonchev–Trinajstić information content (AvgIpc) is 3.10. The molecule has 1 unspecified atom stereocenters. The minimum atomic E-state index is -0.191. The topological polar surface area (TPSA) is 54.9 Å². The second kappa shape index (κ2) is 8.64. The molecule has 1 amide bonds. The number of benzene rings is 1. The van der Waals surface area contributed by atoms with Crippen LogP contribution >= 0.6 is 23.1 Å². The highest BCUT2D eigenvalue weighted by molar-refractivity contribution is 8.00. The molecule has 0 bridgehead atoms. The van der Waals surface area contributed by atoms with E-state index in [2.05, 4.69) is 47.3 Å². The lowest BCUT2D eigenvalue weighted by molar-refractivity contribution is -0.115. The monoisotopic (exact) mass is 385 g/mol. The van der Waals surface area contributed by atoms with Crippen molar-refractivity contribution in [3.05, 3.63) is 47.1 Å². The van der Waals surface area contributed by atoms with E-state index in [4.69, 9.17) is 0 Å². The molecule has 6 heteroatoms. The van der Waals surface area contributed by atoms with Crippen molar-refractivity contribution in [2.45, 2.75) is 50.3 Å². The summed E-state index contributed by atoms with van der Waals surface area (Å²) < 4.78 is 0. The first-order chi connectivity index (χ1) is 12.6. The summed E-state index contributed by atoms with van der Waals surface area (Å²) in [5.41, 5.74) is 2.10. The van der Waals surface area contributed by atoms with E-state index < -0.39 is 0 Å². The number of hydrogen-bond donors (Lipinski definition) is 1. The maximum atomic E-state index is 12.7. The third-order valence-electron chi connectivity index (χ3n) is 4.24. The molecule has 26 heavy (non-hydrogen) atoms. The molecule has 1 atom stereocenters. The number of fused-ring (bicyclic) bond motifs is 1. The van der Waals surface area contributed by atoms with Gasteiger partial charge in [0.15, 0.2) is 0 Å². The van der Waals surface area contributed by atoms with Gasteiger partial charge in [-0.05, 0) is 43.0 Å². The Morgan fingerprint density at radius 1 is 1.15 bits per heavy atom. The van der Waals surface area contributed by atoms with Gasteiger partial charge in [0.2, 0.25) is 5.91 Å². The first kappa shape index (κ1) is 18.9. The molecule has 0 aliphatic carbocycles. The fourth-order valence-corrected chi connectivity index (χ4v) is 4.65. The summed E-state index contributed by atoms with van der Waals surface area (Å²) >= 11 is 3.22. The third kappa shape index (κ3) is 4.24. The maximum Gasteiger partial charge on any atom is 0.237 e. The van der Waals surface area contributed by atoms with Gasteiger partial charge in [0, 0.05) is 16.0 Å². The lowest BCUT2D eigenvalue weighted by atomic mass is 10.1. The maximum absolute atomic E-state index is 12.7. The Bertz CT molecular complexity index is 890. The summed E-state index contributed by atoms with van der Waals surface area (Å²) in [7, 11) is 0. The molecular formula is C20H23N3OS2. The molecule has 0 saturated heterocycles. The number of aryl methyl sites for hydroxylation is 2. The van der Waals surface area contributed by atoms with E-state index in [9.17, 15) is 4.79 Å². The number of rotatable bonds is 7. The number of carbonyl (C=O) groups excluding carboxylic acids is 1. The van der Waals surface area contributed by atoms with Crippen LogP contribution in [0.2, 0.25) is 0 Å². The Kier molecular flexibility index (Phi) is 6.27. The SMILES string of the molecule is CCc1ccc(NC(=O)C(CC)Sc2ncnc3sc(CC)cc23)cc1. The first-order valence-corrected chi connectivity index (χ1v) is 10.6. The van der Waals surface area contributed by atoms with Crippen LogP contribution in [0, 0.1) is 0 Å². The predicted molar refractivity (Wildman–Crippen MR) is 111 cm³/mol. The van der Waals surface area contributed by atoms with Crippen LogP contribution < -0.4 is 5.32 Å². The molecule has 0 aliphatic heterocycles. The van der Waals surface area contributed by atoms with Crippen LogP contribution in [0.15, 0.2) is 41.7 Å². The second-order valence-corrected chi connectivity index (χ2v) is 8.33. The number of aromatic nitrogens is 2. The lowest BCUT2D eigenvalue weighted by Gasteiger charge is -2.14. The van der Waals surface area contributed by atoms with E-state index >= 15 is 0 Å². The number of nitrogens with one attached hydrogen (secondary N) is 1. The molecule has 0 radical (unpaired) electrons. The Morgan fingerprint density at radius 2 is 1.92 bits per heavy atom. The zero-order valence-electron chi connectivity index (χ0n) is 15.3. The first-order valence-electron chi connectivity index (χ1n) is 8.94. The summed E-state index contributed by atoms with van der Waals surface area (Å²) in [5.74, 6) is 0.0134. The van der Waals surface area contributed by atoms with Crippen molar-refractivity contribution < 1.29 is 4.79 Å². The molecule has 3 aromatic rings. The molecule has 4 nitrogen and oxygen atoms in total. The van der Waals surface area contributed by atoms with Crippen molar-refractivity contribution >= 4 is 44.9 Å². The van der Waals surface area contributed by atoms with E-state index in [1.807, 2.05) is 19.1 Å². The van der Waals surface area contributed by atoms with Crippen molar-refractivity contribution in [1.29, 1.82) is 0 Å². The van der Waals surface area contributed by atoms with Crippen LogP contribution in [0.1, 0.15) is 37.6 Å². The number of amides is 1. The van der Waals surface area contributed by atoms with Crippen LogP contribution in [-0.4, -0.2) is 21.1 Å². The van der Waals surface area contributed by atoms with E-state index in [1.165, 1.54) is 22.2 Å². The van der Waals surface area contributed by atoms with Crippen molar-refractivity contribution in [2.24, 2.45) is 0 Å². The van der Waals surface area contributed by atoms with Crippen molar-refractivity contribution in [1.82, 2.24) is 9.97 Å². The molecule has 3 rings (SSSR count). The minimum Gasteiger partial charge on any atom is -0.325 e.